The Morgan fingerprint density at radius 3 is 2.32 bits per heavy atom. The highest BCUT2D eigenvalue weighted by atomic mass is 16.2. The smallest absolute Gasteiger partial charge is 0.242 e. The minimum Gasteiger partial charge on any atom is -0.373 e. The predicted octanol–water partition coefficient (Wildman–Crippen LogP) is 4.55. The predicted molar refractivity (Wildman–Crippen MR) is 103 cm³/mol. The molecule has 0 bridgehead atoms. The van der Waals surface area contributed by atoms with Crippen molar-refractivity contribution in [1.82, 2.24) is 5.32 Å². The second-order valence-corrected chi connectivity index (χ2v) is 7.14. The monoisotopic (exact) mass is 344 g/mol. The van der Waals surface area contributed by atoms with Crippen molar-refractivity contribution in [3.63, 3.8) is 0 Å². The molecule has 0 saturated heterocycles. The lowest BCUT2D eigenvalue weighted by Crippen LogP contribution is -2.48. The minimum absolute atomic E-state index is 0.0130. The number of Topliss-reactive ketones (excluding diaryl/α,β-unsaturated/α-hetero) is 1. The molecule has 1 fully saturated rings. The van der Waals surface area contributed by atoms with Gasteiger partial charge in [0.05, 0.1) is 0 Å². The number of carbonyl (C=O) groups excluding carboxylic acids is 2. The molecule has 4 heteroatoms. The molecule has 25 heavy (non-hydrogen) atoms. The summed E-state index contributed by atoms with van der Waals surface area (Å²) in [6.45, 7) is 5.80. The van der Waals surface area contributed by atoms with Crippen LogP contribution >= 0.6 is 0 Å². The molecule has 0 spiro atoms. The first kappa shape index (κ1) is 19.5. The summed E-state index contributed by atoms with van der Waals surface area (Å²) in [5, 5.41) is 6.64. The van der Waals surface area contributed by atoms with E-state index < -0.39 is 0 Å². The normalized spacial score (nSPS) is 16.5. The highest BCUT2D eigenvalue weighted by molar-refractivity contribution is 6.00. The Hall–Kier alpha value is -1.84. The number of nitrogens with one attached hydrogen (secondary N) is 2. The molecule has 0 aliphatic heterocycles. The third-order valence-electron chi connectivity index (χ3n) is 5.37. The summed E-state index contributed by atoms with van der Waals surface area (Å²) in [7, 11) is 0. The van der Waals surface area contributed by atoms with Crippen molar-refractivity contribution in [2.75, 3.05) is 5.32 Å². The van der Waals surface area contributed by atoms with E-state index in [1.54, 1.807) is 6.92 Å². The van der Waals surface area contributed by atoms with Crippen molar-refractivity contribution in [3.8, 4) is 0 Å². The molecule has 4 nitrogen and oxygen atoms in total. The van der Waals surface area contributed by atoms with E-state index in [1.807, 2.05) is 24.3 Å². The SMILES string of the molecule is CCC(CC)C(Nc1ccccc1C(C)=O)C(=O)NC1CCCCC1. The highest BCUT2D eigenvalue weighted by Crippen LogP contribution is 2.23. The first-order valence-electron chi connectivity index (χ1n) is 9.73. The van der Waals surface area contributed by atoms with Gasteiger partial charge in [0.1, 0.15) is 6.04 Å². The number of ketones is 1. The summed E-state index contributed by atoms with van der Waals surface area (Å²) in [6, 6.07) is 7.45. The topological polar surface area (TPSA) is 58.2 Å². The number of carbonyl (C=O) groups is 2. The molecule has 138 valence electrons. The first-order valence-corrected chi connectivity index (χ1v) is 9.73. The molecular formula is C21H32N2O2. The number of amides is 1. The van der Waals surface area contributed by atoms with Crippen LogP contribution in [0.5, 0.6) is 0 Å². The van der Waals surface area contributed by atoms with E-state index in [0.29, 0.717) is 11.6 Å². The van der Waals surface area contributed by atoms with Gasteiger partial charge in [-0.3, -0.25) is 9.59 Å². The molecule has 1 atom stereocenters. The van der Waals surface area contributed by atoms with Crippen LogP contribution < -0.4 is 10.6 Å². The second kappa shape index (κ2) is 9.59. The van der Waals surface area contributed by atoms with Gasteiger partial charge in [0, 0.05) is 17.3 Å². The molecule has 0 aromatic heterocycles. The summed E-state index contributed by atoms with van der Waals surface area (Å²) in [5.74, 6) is 0.321. The Kier molecular flexibility index (Phi) is 7.48. The zero-order valence-corrected chi connectivity index (χ0v) is 15.8. The highest BCUT2D eigenvalue weighted by Gasteiger charge is 2.28. The molecule has 1 amide bonds. The number of rotatable bonds is 8. The van der Waals surface area contributed by atoms with Crippen LogP contribution in [0.15, 0.2) is 24.3 Å². The number of hydrogen-bond donors (Lipinski definition) is 2. The molecule has 0 radical (unpaired) electrons. The molecule has 1 aromatic rings. The van der Waals surface area contributed by atoms with E-state index in [2.05, 4.69) is 24.5 Å². The average molecular weight is 344 g/mol. The zero-order chi connectivity index (χ0) is 18.2. The van der Waals surface area contributed by atoms with Gasteiger partial charge in [-0.15, -0.1) is 0 Å². The Morgan fingerprint density at radius 1 is 1.08 bits per heavy atom. The maximum atomic E-state index is 13.0. The number of para-hydroxylation sites is 1. The molecule has 2 N–H and O–H groups in total. The molecule has 1 aliphatic rings. The van der Waals surface area contributed by atoms with Crippen LogP contribution in [0.25, 0.3) is 0 Å². The van der Waals surface area contributed by atoms with E-state index in [9.17, 15) is 9.59 Å². The fourth-order valence-electron chi connectivity index (χ4n) is 3.78. The standard InChI is InChI=1S/C21H32N2O2/c1-4-16(5-2)20(21(25)22-17-11-7-6-8-12-17)23-19-14-10-9-13-18(19)15(3)24/h9-10,13-14,16-17,20,23H,4-8,11-12H2,1-3H3,(H,22,25). The molecule has 1 saturated carbocycles. The van der Waals surface area contributed by atoms with Crippen molar-refractivity contribution < 1.29 is 9.59 Å². The van der Waals surface area contributed by atoms with Crippen LogP contribution in [0, 0.1) is 5.92 Å². The van der Waals surface area contributed by atoms with Crippen LogP contribution in [-0.4, -0.2) is 23.8 Å². The van der Waals surface area contributed by atoms with Gasteiger partial charge in [-0.2, -0.15) is 0 Å². The lowest BCUT2D eigenvalue weighted by Gasteiger charge is -2.30. The minimum atomic E-state index is -0.308. The van der Waals surface area contributed by atoms with Gasteiger partial charge in [-0.1, -0.05) is 58.1 Å². The lowest BCUT2D eigenvalue weighted by molar-refractivity contribution is -0.123. The summed E-state index contributed by atoms with van der Waals surface area (Å²) in [4.78, 5) is 24.9. The quantitative estimate of drug-likeness (QED) is 0.680. The average Bonchev–Trinajstić information content (AvgIpc) is 2.63. The van der Waals surface area contributed by atoms with E-state index in [1.165, 1.54) is 19.3 Å². The molecule has 1 aromatic carbocycles. The number of benzene rings is 1. The maximum absolute atomic E-state index is 13.0. The number of anilines is 1. The van der Waals surface area contributed by atoms with Gasteiger partial charge in [-0.05, 0) is 37.8 Å². The number of hydrogen-bond acceptors (Lipinski definition) is 3. The van der Waals surface area contributed by atoms with Crippen LogP contribution in [0.2, 0.25) is 0 Å². The fourth-order valence-corrected chi connectivity index (χ4v) is 3.78. The Balaban J connectivity index is 2.18. The van der Waals surface area contributed by atoms with E-state index in [4.69, 9.17) is 0 Å². The Labute approximate surface area is 151 Å². The summed E-state index contributed by atoms with van der Waals surface area (Å²) >= 11 is 0. The largest absolute Gasteiger partial charge is 0.373 e. The van der Waals surface area contributed by atoms with Crippen molar-refractivity contribution in [2.45, 2.75) is 77.8 Å². The van der Waals surface area contributed by atoms with Crippen LogP contribution in [0.1, 0.15) is 76.1 Å². The first-order chi connectivity index (χ1) is 12.1. The summed E-state index contributed by atoms with van der Waals surface area (Å²) in [5.41, 5.74) is 1.40. The molecule has 1 aliphatic carbocycles. The maximum Gasteiger partial charge on any atom is 0.242 e. The van der Waals surface area contributed by atoms with Crippen LogP contribution in [0.4, 0.5) is 5.69 Å². The van der Waals surface area contributed by atoms with E-state index >= 15 is 0 Å². The molecular weight excluding hydrogens is 312 g/mol. The zero-order valence-electron chi connectivity index (χ0n) is 15.8. The molecule has 2 rings (SSSR count). The van der Waals surface area contributed by atoms with Crippen LogP contribution in [0.3, 0.4) is 0 Å². The van der Waals surface area contributed by atoms with E-state index in [-0.39, 0.29) is 23.7 Å². The second-order valence-electron chi connectivity index (χ2n) is 7.14. The fraction of sp³-hybridized carbons (Fsp3) is 0.619. The van der Waals surface area contributed by atoms with Gasteiger partial charge < -0.3 is 10.6 Å². The summed E-state index contributed by atoms with van der Waals surface area (Å²) in [6.07, 6.45) is 7.66. The molecule has 1 unspecified atom stereocenters. The van der Waals surface area contributed by atoms with E-state index in [0.717, 1.165) is 31.4 Å². The van der Waals surface area contributed by atoms with Gasteiger partial charge in [0.2, 0.25) is 5.91 Å². The van der Waals surface area contributed by atoms with Crippen molar-refractivity contribution in [3.05, 3.63) is 29.8 Å². The summed E-state index contributed by atoms with van der Waals surface area (Å²) < 4.78 is 0. The lowest BCUT2D eigenvalue weighted by atomic mass is 9.91. The van der Waals surface area contributed by atoms with Gasteiger partial charge >= 0.3 is 0 Å². The van der Waals surface area contributed by atoms with Crippen molar-refractivity contribution in [2.24, 2.45) is 5.92 Å². The van der Waals surface area contributed by atoms with Crippen molar-refractivity contribution >= 4 is 17.4 Å². The molecule has 0 heterocycles. The van der Waals surface area contributed by atoms with Gasteiger partial charge in [-0.25, -0.2) is 0 Å². The Morgan fingerprint density at radius 2 is 1.72 bits per heavy atom. The third-order valence-corrected chi connectivity index (χ3v) is 5.37. The van der Waals surface area contributed by atoms with Gasteiger partial charge in [0.15, 0.2) is 5.78 Å². The third kappa shape index (κ3) is 5.32. The van der Waals surface area contributed by atoms with Gasteiger partial charge in [0.25, 0.3) is 0 Å². The van der Waals surface area contributed by atoms with Crippen molar-refractivity contribution in [1.29, 1.82) is 0 Å². The van der Waals surface area contributed by atoms with Crippen LogP contribution in [-0.2, 0) is 4.79 Å². The Bertz CT molecular complexity index is 575.